The first-order valence-electron chi connectivity index (χ1n) is 4.98. The third kappa shape index (κ3) is 2.86. The van der Waals surface area contributed by atoms with Crippen LogP contribution in [0.15, 0.2) is 30.3 Å². The third-order valence-corrected chi connectivity index (χ3v) is 4.90. The maximum Gasteiger partial charge on any atom is 0.416 e. The van der Waals surface area contributed by atoms with Crippen molar-refractivity contribution in [3.05, 3.63) is 44.3 Å². The van der Waals surface area contributed by atoms with Crippen LogP contribution in [0, 0.1) is 3.57 Å². The van der Waals surface area contributed by atoms with Crippen molar-refractivity contribution in [3.8, 4) is 10.4 Å². The fourth-order valence-electron chi connectivity index (χ4n) is 1.48. The van der Waals surface area contributed by atoms with E-state index in [0.717, 1.165) is 31.0 Å². The van der Waals surface area contributed by atoms with Gasteiger partial charge in [-0.15, -0.1) is 11.3 Å². The fraction of sp³-hybridized carbons (Fsp3) is 0.167. The van der Waals surface area contributed by atoms with E-state index in [-0.39, 0.29) is 6.61 Å². The molecule has 18 heavy (non-hydrogen) atoms. The Balaban J connectivity index is 2.34. The molecule has 1 heterocycles. The van der Waals surface area contributed by atoms with Crippen molar-refractivity contribution in [2.24, 2.45) is 0 Å². The minimum atomic E-state index is -4.31. The van der Waals surface area contributed by atoms with Crippen LogP contribution in [0.5, 0.6) is 0 Å². The number of alkyl halides is 3. The van der Waals surface area contributed by atoms with E-state index in [2.05, 4.69) is 22.6 Å². The second-order valence-corrected chi connectivity index (χ2v) is 5.91. The molecule has 0 atom stereocenters. The molecule has 0 aliphatic heterocycles. The largest absolute Gasteiger partial charge is 0.416 e. The molecule has 2 rings (SSSR count). The van der Waals surface area contributed by atoms with Gasteiger partial charge >= 0.3 is 6.18 Å². The number of hydrogen-bond donors (Lipinski definition) is 1. The van der Waals surface area contributed by atoms with Gasteiger partial charge in [-0.1, -0.05) is 12.1 Å². The van der Waals surface area contributed by atoms with E-state index in [4.69, 9.17) is 5.11 Å². The van der Waals surface area contributed by atoms with Gasteiger partial charge in [0.15, 0.2) is 0 Å². The molecule has 96 valence electrons. The summed E-state index contributed by atoms with van der Waals surface area (Å²) in [6.45, 7) is -0.0520. The molecule has 0 fully saturated rings. The predicted octanol–water partition coefficient (Wildman–Crippen LogP) is 4.53. The third-order valence-electron chi connectivity index (χ3n) is 2.40. The SMILES string of the molecule is OCc1sc(-c2ccc(C(F)(F)F)cc2)cc1I. The van der Waals surface area contributed by atoms with Crippen LogP contribution in [0.25, 0.3) is 10.4 Å². The van der Waals surface area contributed by atoms with Gasteiger partial charge in [-0.05, 0) is 46.4 Å². The normalized spacial score (nSPS) is 11.8. The minimum Gasteiger partial charge on any atom is -0.391 e. The number of aliphatic hydroxyl groups is 1. The van der Waals surface area contributed by atoms with Crippen molar-refractivity contribution >= 4 is 33.9 Å². The summed E-state index contributed by atoms with van der Waals surface area (Å²) in [7, 11) is 0. The maximum absolute atomic E-state index is 12.4. The molecule has 0 saturated carbocycles. The molecule has 1 N–H and O–H groups in total. The van der Waals surface area contributed by atoms with Crippen LogP contribution in [0.2, 0.25) is 0 Å². The maximum atomic E-state index is 12.4. The molecule has 0 aliphatic carbocycles. The van der Waals surface area contributed by atoms with Crippen molar-refractivity contribution in [1.29, 1.82) is 0 Å². The zero-order valence-electron chi connectivity index (χ0n) is 8.96. The molecular weight excluding hydrogens is 376 g/mol. The van der Waals surface area contributed by atoms with Crippen LogP contribution in [-0.4, -0.2) is 5.11 Å². The molecule has 0 spiro atoms. The summed E-state index contributed by atoms with van der Waals surface area (Å²) in [5.74, 6) is 0. The first-order chi connectivity index (χ1) is 8.41. The Morgan fingerprint density at radius 2 is 1.78 bits per heavy atom. The van der Waals surface area contributed by atoms with Crippen molar-refractivity contribution in [1.82, 2.24) is 0 Å². The summed E-state index contributed by atoms with van der Waals surface area (Å²) >= 11 is 3.49. The average Bonchev–Trinajstić information content (AvgIpc) is 2.69. The van der Waals surface area contributed by atoms with E-state index in [1.165, 1.54) is 23.5 Å². The summed E-state index contributed by atoms with van der Waals surface area (Å²) in [5.41, 5.74) is 0.0745. The van der Waals surface area contributed by atoms with E-state index < -0.39 is 11.7 Å². The Morgan fingerprint density at radius 3 is 2.22 bits per heavy atom. The van der Waals surface area contributed by atoms with Gasteiger partial charge in [-0.25, -0.2) is 0 Å². The molecule has 1 nitrogen and oxygen atoms in total. The zero-order chi connectivity index (χ0) is 13.3. The lowest BCUT2D eigenvalue weighted by Gasteiger charge is -2.06. The first kappa shape index (κ1) is 13.8. The summed E-state index contributed by atoms with van der Waals surface area (Å²) < 4.78 is 38.2. The highest BCUT2D eigenvalue weighted by Gasteiger charge is 2.30. The highest BCUT2D eigenvalue weighted by molar-refractivity contribution is 14.1. The average molecular weight is 384 g/mol. The van der Waals surface area contributed by atoms with Gasteiger partial charge in [0.2, 0.25) is 0 Å². The van der Waals surface area contributed by atoms with Gasteiger partial charge < -0.3 is 5.11 Å². The number of hydrogen-bond acceptors (Lipinski definition) is 2. The molecular formula is C12H8F3IOS. The zero-order valence-corrected chi connectivity index (χ0v) is 11.9. The van der Waals surface area contributed by atoms with E-state index in [1.807, 2.05) is 6.07 Å². The predicted molar refractivity (Wildman–Crippen MR) is 73.4 cm³/mol. The lowest BCUT2D eigenvalue weighted by atomic mass is 10.1. The first-order valence-corrected chi connectivity index (χ1v) is 6.88. The highest BCUT2D eigenvalue weighted by Crippen LogP contribution is 2.35. The van der Waals surface area contributed by atoms with Crippen LogP contribution in [-0.2, 0) is 12.8 Å². The van der Waals surface area contributed by atoms with Gasteiger partial charge in [0.1, 0.15) is 0 Å². The monoisotopic (exact) mass is 384 g/mol. The summed E-state index contributed by atoms with van der Waals surface area (Å²) in [4.78, 5) is 1.68. The van der Waals surface area contributed by atoms with Crippen molar-refractivity contribution in [2.45, 2.75) is 12.8 Å². The number of halogens is 4. The Kier molecular flexibility index (Phi) is 3.98. The Labute approximate surface area is 119 Å². The van der Waals surface area contributed by atoms with Gasteiger partial charge in [0.05, 0.1) is 12.2 Å². The number of thiophene rings is 1. The topological polar surface area (TPSA) is 20.2 Å². The van der Waals surface area contributed by atoms with Crippen molar-refractivity contribution < 1.29 is 18.3 Å². The molecule has 0 aliphatic rings. The number of benzene rings is 1. The van der Waals surface area contributed by atoms with Crippen LogP contribution < -0.4 is 0 Å². The van der Waals surface area contributed by atoms with Crippen LogP contribution in [0.1, 0.15) is 10.4 Å². The molecule has 6 heteroatoms. The number of aliphatic hydroxyl groups excluding tert-OH is 1. The van der Waals surface area contributed by atoms with E-state index in [0.29, 0.717) is 0 Å². The summed E-state index contributed by atoms with van der Waals surface area (Å²) in [6.07, 6.45) is -4.31. The van der Waals surface area contributed by atoms with Crippen molar-refractivity contribution in [3.63, 3.8) is 0 Å². The smallest absolute Gasteiger partial charge is 0.391 e. The summed E-state index contributed by atoms with van der Waals surface area (Å²) in [5, 5.41) is 9.09. The van der Waals surface area contributed by atoms with Crippen LogP contribution in [0.4, 0.5) is 13.2 Å². The Morgan fingerprint density at radius 1 is 1.17 bits per heavy atom. The molecule has 0 amide bonds. The number of rotatable bonds is 2. The second kappa shape index (κ2) is 5.18. The quantitative estimate of drug-likeness (QED) is 0.755. The van der Waals surface area contributed by atoms with Gasteiger partial charge in [0, 0.05) is 13.3 Å². The van der Waals surface area contributed by atoms with Gasteiger partial charge in [-0.2, -0.15) is 13.2 Å². The minimum absolute atomic E-state index is 0.0520. The van der Waals surface area contributed by atoms with Crippen LogP contribution in [0.3, 0.4) is 0 Å². The van der Waals surface area contributed by atoms with E-state index >= 15 is 0 Å². The molecule has 0 bridgehead atoms. The molecule has 1 aromatic carbocycles. The van der Waals surface area contributed by atoms with Gasteiger partial charge in [0.25, 0.3) is 0 Å². The van der Waals surface area contributed by atoms with Crippen LogP contribution >= 0.6 is 33.9 Å². The summed E-state index contributed by atoms with van der Waals surface area (Å²) in [6, 6.07) is 6.90. The standard InChI is InChI=1S/C12H8F3IOS/c13-12(14,15)8-3-1-7(2-4-8)10-5-9(16)11(6-17)18-10/h1-5,17H,6H2. The van der Waals surface area contributed by atoms with E-state index in [1.54, 1.807) is 0 Å². The molecule has 0 unspecified atom stereocenters. The van der Waals surface area contributed by atoms with E-state index in [9.17, 15) is 13.2 Å². The Hall–Kier alpha value is -0.600. The molecule has 0 radical (unpaired) electrons. The lowest BCUT2D eigenvalue weighted by Crippen LogP contribution is -2.03. The molecule has 2 aromatic rings. The molecule has 1 aromatic heterocycles. The fourth-order valence-corrected chi connectivity index (χ4v) is 3.42. The van der Waals surface area contributed by atoms with Crippen molar-refractivity contribution in [2.75, 3.05) is 0 Å². The Bertz CT molecular complexity index is 545. The molecule has 0 saturated heterocycles. The lowest BCUT2D eigenvalue weighted by molar-refractivity contribution is -0.137. The van der Waals surface area contributed by atoms with Gasteiger partial charge in [-0.3, -0.25) is 0 Å². The highest BCUT2D eigenvalue weighted by atomic mass is 127. The second-order valence-electron chi connectivity index (χ2n) is 3.61.